The number of nitrogens with two attached hydrogens (primary N) is 1. The number of aromatic nitrogens is 1. The van der Waals surface area contributed by atoms with Crippen molar-refractivity contribution in [3.05, 3.63) is 24.0 Å². The zero-order chi connectivity index (χ0) is 20.8. The van der Waals surface area contributed by atoms with Crippen molar-refractivity contribution in [2.45, 2.75) is 32.0 Å². The molecule has 1 aliphatic carbocycles. The van der Waals surface area contributed by atoms with Crippen molar-refractivity contribution in [1.82, 2.24) is 14.8 Å². The van der Waals surface area contributed by atoms with Gasteiger partial charge in [-0.25, -0.2) is 4.79 Å². The van der Waals surface area contributed by atoms with E-state index in [4.69, 9.17) is 5.73 Å². The normalized spacial score (nSPS) is 23.6. The predicted molar refractivity (Wildman–Crippen MR) is 95.6 cm³/mol. The van der Waals surface area contributed by atoms with Gasteiger partial charge < -0.3 is 20.3 Å². The summed E-state index contributed by atoms with van der Waals surface area (Å²) in [7, 11) is 0. The van der Waals surface area contributed by atoms with Gasteiger partial charge >= 0.3 is 12.4 Å². The number of primary amides is 1. The van der Waals surface area contributed by atoms with Crippen molar-refractivity contribution in [2.75, 3.05) is 26.2 Å². The van der Waals surface area contributed by atoms with E-state index in [1.54, 1.807) is 11.0 Å². The predicted octanol–water partition coefficient (Wildman–Crippen LogP) is 2.16. The molecule has 2 aliphatic heterocycles. The van der Waals surface area contributed by atoms with E-state index >= 15 is 0 Å². The maximum atomic E-state index is 12.5. The van der Waals surface area contributed by atoms with E-state index in [9.17, 15) is 22.8 Å². The Morgan fingerprint density at radius 1 is 1.24 bits per heavy atom. The number of carbonyl (C=O) groups is 2. The average molecular weight is 412 g/mol. The summed E-state index contributed by atoms with van der Waals surface area (Å²) in [6.45, 7) is 2.40. The molecule has 3 fully saturated rings. The summed E-state index contributed by atoms with van der Waals surface area (Å²) in [6.07, 6.45) is -0.341. The number of amides is 3. The molecular formula is C19H23F3N4O3. The molecule has 3 amide bonds. The van der Waals surface area contributed by atoms with Gasteiger partial charge in [0.15, 0.2) is 0 Å². The Kier molecular flexibility index (Phi) is 4.82. The van der Waals surface area contributed by atoms with E-state index in [1.165, 1.54) is 6.07 Å². The molecule has 1 atom stereocenters. The maximum Gasteiger partial charge on any atom is 0.573 e. The van der Waals surface area contributed by atoms with Gasteiger partial charge in [0.05, 0.1) is 12.1 Å². The van der Waals surface area contributed by atoms with Crippen molar-refractivity contribution < 1.29 is 27.5 Å². The Bertz CT molecular complexity index is 785. The number of likely N-dealkylation sites (tertiary alicyclic amines) is 2. The minimum atomic E-state index is -4.72. The maximum absolute atomic E-state index is 12.5. The molecule has 0 unspecified atom stereocenters. The Morgan fingerprint density at radius 3 is 2.52 bits per heavy atom. The van der Waals surface area contributed by atoms with E-state index in [0.717, 1.165) is 24.7 Å². The largest absolute Gasteiger partial charge is 0.573 e. The third-order valence-corrected chi connectivity index (χ3v) is 6.16. The van der Waals surface area contributed by atoms with Crippen molar-refractivity contribution in [3.8, 4) is 5.75 Å². The highest BCUT2D eigenvalue weighted by molar-refractivity contribution is 5.80. The molecule has 1 saturated carbocycles. The monoisotopic (exact) mass is 412 g/mol. The molecule has 0 radical (unpaired) electrons. The third kappa shape index (κ3) is 4.25. The molecule has 3 aliphatic rings. The minimum absolute atomic E-state index is 0.0234. The number of hydrogen-bond donors (Lipinski definition) is 1. The molecule has 2 saturated heterocycles. The van der Waals surface area contributed by atoms with Crippen LogP contribution >= 0.6 is 0 Å². The summed E-state index contributed by atoms with van der Waals surface area (Å²) in [5.74, 6) is -0.503. The second-order valence-electron chi connectivity index (χ2n) is 8.48. The number of hydrogen-bond acceptors (Lipinski definition) is 4. The topological polar surface area (TPSA) is 88.8 Å². The first-order valence-electron chi connectivity index (χ1n) is 9.66. The summed E-state index contributed by atoms with van der Waals surface area (Å²) < 4.78 is 40.4. The van der Waals surface area contributed by atoms with Crippen LogP contribution in [0.4, 0.5) is 18.0 Å². The van der Waals surface area contributed by atoms with Crippen LogP contribution in [0.2, 0.25) is 0 Å². The Morgan fingerprint density at radius 2 is 1.97 bits per heavy atom. The van der Waals surface area contributed by atoms with Crippen LogP contribution in [0.1, 0.15) is 25.0 Å². The summed E-state index contributed by atoms with van der Waals surface area (Å²) >= 11 is 0. The molecule has 1 aromatic heterocycles. The molecule has 10 heteroatoms. The van der Waals surface area contributed by atoms with Crippen molar-refractivity contribution in [1.29, 1.82) is 0 Å². The zero-order valence-corrected chi connectivity index (χ0v) is 15.8. The van der Waals surface area contributed by atoms with Crippen molar-refractivity contribution in [2.24, 2.45) is 23.0 Å². The van der Waals surface area contributed by atoms with Crippen LogP contribution in [0, 0.1) is 17.3 Å². The van der Waals surface area contributed by atoms with Gasteiger partial charge in [-0.3, -0.25) is 9.78 Å². The lowest BCUT2D eigenvalue weighted by Gasteiger charge is -2.59. The fourth-order valence-electron chi connectivity index (χ4n) is 4.85. The van der Waals surface area contributed by atoms with Gasteiger partial charge in [-0.05, 0) is 43.7 Å². The number of carbonyl (C=O) groups excluding carboxylic acids is 2. The van der Waals surface area contributed by atoms with Gasteiger partial charge in [-0.15, -0.1) is 13.2 Å². The van der Waals surface area contributed by atoms with Crippen LogP contribution in [-0.2, 0) is 11.2 Å². The van der Waals surface area contributed by atoms with Gasteiger partial charge in [0.2, 0.25) is 5.91 Å². The molecule has 2 N–H and O–H groups in total. The minimum Gasteiger partial charge on any atom is -0.404 e. The number of rotatable bonds is 4. The first-order valence-corrected chi connectivity index (χ1v) is 9.66. The lowest BCUT2D eigenvalue weighted by Crippen LogP contribution is -2.65. The van der Waals surface area contributed by atoms with Crippen LogP contribution in [0.15, 0.2) is 18.3 Å². The molecule has 3 heterocycles. The summed E-state index contributed by atoms with van der Waals surface area (Å²) in [5, 5.41) is 0. The van der Waals surface area contributed by atoms with Crippen LogP contribution in [0.3, 0.4) is 0 Å². The van der Waals surface area contributed by atoms with Gasteiger partial charge in [0.25, 0.3) is 0 Å². The molecule has 158 valence electrons. The lowest BCUT2D eigenvalue weighted by molar-refractivity contribution is -0.274. The van der Waals surface area contributed by atoms with Gasteiger partial charge in [0, 0.05) is 37.3 Å². The van der Waals surface area contributed by atoms with Gasteiger partial charge in [0.1, 0.15) is 5.75 Å². The van der Waals surface area contributed by atoms with E-state index in [0.29, 0.717) is 44.9 Å². The fraction of sp³-hybridized carbons (Fsp3) is 0.632. The van der Waals surface area contributed by atoms with Gasteiger partial charge in [-0.2, -0.15) is 0 Å². The molecule has 4 rings (SSSR count). The molecule has 1 spiro atoms. The van der Waals surface area contributed by atoms with E-state index in [-0.39, 0.29) is 29.0 Å². The number of urea groups is 1. The highest BCUT2D eigenvalue weighted by Gasteiger charge is 2.54. The van der Waals surface area contributed by atoms with Crippen molar-refractivity contribution >= 4 is 11.9 Å². The highest BCUT2D eigenvalue weighted by atomic mass is 19.4. The number of ether oxygens (including phenoxy) is 1. The second-order valence-corrected chi connectivity index (χ2v) is 8.48. The SMILES string of the molecule is NC(=O)[C@H]1CCN(C(=O)N2CC3(CC(Cc4ccc(OC(F)(F)F)cn4)C3)C2)C1. The Labute approximate surface area is 166 Å². The van der Waals surface area contributed by atoms with Crippen LogP contribution in [0.5, 0.6) is 5.75 Å². The molecule has 7 nitrogen and oxygen atoms in total. The first-order chi connectivity index (χ1) is 13.6. The number of pyridine rings is 1. The standard InChI is InChI=1S/C19H23F3N4O3/c20-19(21,22)29-15-2-1-14(24-8-15)5-12-6-18(7-12)10-26(11-18)17(28)25-4-3-13(9-25)16(23)27/h1-2,8,12-13H,3-7,9-11H2,(H2,23,27)/t13-/m0/s1. The summed E-state index contributed by atoms with van der Waals surface area (Å²) in [4.78, 5) is 31.4. The summed E-state index contributed by atoms with van der Waals surface area (Å²) in [5.41, 5.74) is 6.21. The van der Waals surface area contributed by atoms with Crippen LogP contribution in [-0.4, -0.2) is 59.3 Å². The Balaban J connectivity index is 1.20. The van der Waals surface area contributed by atoms with E-state index in [2.05, 4.69) is 9.72 Å². The third-order valence-electron chi connectivity index (χ3n) is 6.16. The molecule has 0 aromatic carbocycles. The lowest BCUT2D eigenvalue weighted by atomic mass is 9.57. The number of alkyl halides is 3. The average Bonchev–Trinajstić information content (AvgIpc) is 3.06. The fourth-order valence-corrected chi connectivity index (χ4v) is 4.85. The van der Waals surface area contributed by atoms with E-state index in [1.807, 2.05) is 4.90 Å². The number of halogens is 3. The quantitative estimate of drug-likeness (QED) is 0.821. The molecular weight excluding hydrogens is 389 g/mol. The molecule has 1 aromatic rings. The van der Waals surface area contributed by atoms with Crippen LogP contribution in [0.25, 0.3) is 0 Å². The first kappa shape index (κ1) is 19.8. The second kappa shape index (κ2) is 7.07. The van der Waals surface area contributed by atoms with Gasteiger partial charge in [-0.1, -0.05) is 0 Å². The van der Waals surface area contributed by atoms with Crippen molar-refractivity contribution in [3.63, 3.8) is 0 Å². The number of nitrogens with zero attached hydrogens (tertiary/aromatic N) is 3. The van der Waals surface area contributed by atoms with Crippen LogP contribution < -0.4 is 10.5 Å². The molecule has 29 heavy (non-hydrogen) atoms. The highest BCUT2D eigenvalue weighted by Crippen LogP contribution is 2.53. The zero-order valence-electron chi connectivity index (χ0n) is 15.8. The van der Waals surface area contributed by atoms with E-state index < -0.39 is 6.36 Å². The molecule has 0 bridgehead atoms. The Hall–Kier alpha value is -2.52. The summed E-state index contributed by atoms with van der Waals surface area (Å²) in [6, 6.07) is 2.82. The smallest absolute Gasteiger partial charge is 0.404 e.